The maximum absolute atomic E-state index is 12.9. The fraction of sp³-hybridized carbons (Fsp3) is 0.355. The number of Topliss-reactive ketones (excluding diaryl/α,β-unsaturated/α-hetero) is 1. The van der Waals surface area contributed by atoms with Crippen molar-refractivity contribution in [1.29, 1.82) is 0 Å². The molecule has 2 atom stereocenters. The van der Waals surface area contributed by atoms with Crippen LogP contribution in [0.1, 0.15) is 102 Å². The highest BCUT2D eigenvalue weighted by Crippen LogP contribution is 2.33. The number of hydrogen-bond acceptors (Lipinski definition) is 4. The molecular weight excluding hydrogens is 436 g/mol. The summed E-state index contributed by atoms with van der Waals surface area (Å²) in [5, 5.41) is 0. The van der Waals surface area contributed by atoms with Gasteiger partial charge in [-0.3, -0.25) is 4.79 Å². The minimum Gasteiger partial charge on any atom is -0.496 e. The van der Waals surface area contributed by atoms with E-state index in [9.17, 15) is 9.59 Å². The van der Waals surface area contributed by atoms with Crippen molar-refractivity contribution in [2.24, 2.45) is 0 Å². The Balaban J connectivity index is 1.89. The van der Waals surface area contributed by atoms with Crippen molar-refractivity contribution >= 4 is 11.8 Å². The van der Waals surface area contributed by atoms with Gasteiger partial charge in [0.25, 0.3) is 0 Å². The zero-order valence-corrected chi connectivity index (χ0v) is 21.7. The van der Waals surface area contributed by atoms with Crippen LogP contribution in [0.25, 0.3) is 0 Å². The summed E-state index contributed by atoms with van der Waals surface area (Å²) in [6.07, 6.45) is 2.76. The van der Waals surface area contributed by atoms with Crippen LogP contribution in [-0.4, -0.2) is 18.9 Å². The van der Waals surface area contributed by atoms with Gasteiger partial charge in [-0.25, -0.2) is 4.79 Å². The van der Waals surface area contributed by atoms with Crippen LogP contribution in [0, 0.1) is 0 Å². The zero-order valence-electron chi connectivity index (χ0n) is 21.7. The van der Waals surface area contributed by atoms with Crippen LogP contribution < -0.4 is 9.47 Å². The second-order valence-electron chi connectivity index (χ2n) is 9.27. The predicted octanol–water partition coefficient (Wildman–Crippen LogP) is 7.73. The molecule has 0 saturated heterocycles. The van der Waals surface area contributed by atoms with Crippen molar-refractivity contribution < 1.29 is 19.1 Å². The molecule has 0 aliphatic heterocycles. The van der Waals surface area contributed by atoms with E-state index < -0.39 is 5.97 Å². The normalized spacial score (nSPS) is 12.6. The lowest BCUT2D eigenvalue weighted by atomic mass is 9.91. The highest BCUT2D eigenvalue weighted by Gasteiger charge is 2.17. The third-order valence-electron chi connectivity index (χ3n) is 6.77. The molecule has 0 amide bonds. The highest BCUT2D eigenvalue weighted by atomic mass is 16.5. The summed E-state index contributed by atoms with van der Waals surface area (Å²) in [6.45, 7) is 10.2. The Labute approximate surface area is 209 Å². The van der Waals surface area contributed by atoms with Gasteiger partial charge in [-0.05, 0) is 84.5 Å². The van der Waals surface area contributed by atoms with Gasteiger partial charge in [0.1, 0.15) is 11.5 Å². The van der Waals surface area contributed by atoms with Crippen LogP contribution in [0.15, 0.2) is 60.7 Å². The van der Waals surface area contributed by atoms with Crippen molar-refractivity contribution in [3.63, 3.8) is 0 Å². The van der Waals surface area contributed by atoms with Crippen LogP contribution in [-0.2, 0) is 6.42 Å². The Morgan fingerprint density at radius 1 is 0.771 bits per heavy atom. The lowest BCUT2D eigenvalue weighted by Crippen LogP contribution is -2.11. The van der Waals surface area contributed by atoms with Crippen molar-refractivity contribution in [3.05, 3.63) is 94.0 Å². The summed E-state index contributed by atoms with van der Waals surface area (Å²) in [4.78, 5) is 24.6. The molecule has 184 valence electrons. The average Bonchev–Trinajstić information content (AvgIpc) is 2.88. The average molecular weight is 473 g/mol. The van der Waals surface area contributed by atoms with E-state index in [4.69, 9.17) is 9.47 Å². The Morgan fingerprint density at radius 2 is 1.31 bits per heavy atom. The lowest BCUT2D eigenvalue weighted by molar-refractivity contribution is 0.0732. The molecule has 3 aromatic rings. The van der Waals surface area contributed by atoms with E-state index in [1.54, 1.807) is 31.4 Å². The number of carbonyl (C=O) groups is 2. The molecule has 4 nitrogen and oxygen atoms in total. The zero-order chi connectivity index (χ0) is 25.5. The number of ketones is 1. The van der Waals surface area contributed by atoms with Crippen LogP contribution in [0.3, 0.4) is 0 Å². The fourth-order valence-corrected chi connectivity index (χ4v) is 4.16. The van der Waals surface area contributed by atoms with Gasteiger partial charge in [0.05, 0.1) is 12.7 Å². The molecule has 2 unspecified atom stereocenters. The maximum Gasteiger partial charge on any atom is 0.343 e. The van der Waals surface area contributed by atoms with Gasteiger partial charge >= 0.3 is 5.97 Å². The fourth-order valence-electron chi connectivity index (χ4n) is 4.16. The number of rotatable bonds is 10. The molecule has 0 saturated carbocycles. The van der Waals surface area contributed by atoms with Gasteiger partial charge in [-0.15, -0.1) is 0 Å². The van der Waals surface area contributed by atoms with E-state index in [0.717, 1.165) is 30.6 Å². The summed E-state index contributed by atoms with van der Waals surface area (Å²) in [5.41, 5.74) is 5.49. The van der Waals surface area contributed by atoms with Crippen molar-refractivity contribution in [2.45, 2.75) is 65.7 Å². The number of methoxy groups -OCH3 is 1. The summed E-state index contributed by atoms with van der Waals surface area (Å²) >= 11 is 0. The summed E-state index contributed by atoms with van der Waals surface area (Å²) < 4.78 is 11.4. The first kappa shape index (κ1) is 26.2. The molecule has 4 heteroatoms. The number of ether oxygens (including phenoxy) is 2. The second kappa shape index (κ2) is 11.8. The van der Waals surface area contributed by atoms with Gasteiger partial charge in [-0.1, -0.05) is 64.1 Å². The number of hydrogen-bond donors (Lipinski definition) is 0. The monoisotopic (exact) mass is 472 g/mol. The minimum atomic E-state index is -0.459. The first-order valence-corrected chi connectivity index (χ1v) is 12.4. The molecule has 0 aliphatic carbocycles. The first-order valence-electron chi connectivity index (χ1n) is 12.4. The Kier molecular flexibility index (Phi) is 8.86. The smallest absolute Gasteiger partial charge is 0.343 e. The molecule has 0 bridgehead atoms. The molecule has 0 heterocycles. The predicted molar refractivity (Wildman–Crippen MR) is 141 cm³/mol. The van der Waals surface area contributed by atoms with Crippen LogP contribution >= 0.6 is 0 Å². The molecule has 0 radical (unpaired) electrons. The highest BCUT2D eigenvalue weighted by molar-refractivity contribution is 5.98. The summed E-state index contributed by atoms with van der Waals surface area (Å²) in [5.74, 6) is 1.60. The SMILES string of the molecule is CCC(C)c1cc(Cc2ccc(OC(=O)c3cccc(C(C)=O)c3)c(C(C)CC)c2)ccc1OC. The van der Waals surface area contributed by atoms with Gasteiger partial charge in [0.15, 0.2) is 5.78 Å². The van der Waals surface area contributed by atoms with Crippen molar-refractivity contribution in [1.82, 2.24) is 0 Å². The summed E-state index contributed by atoms with van der Waals surface area (Å²) in [7, 11) is 1.72. The van der Waals surface area contributed by atoms with Crippen molar-refractivity contribution in [2.75, 3.05) is 7.11 Å². The number of esters is 1. The molecule has 0 N–H and O–H groups in total. The van der Waals surface area contributed by atoms with Crippen LogP contribution in [0.2, 0.25) is 0 Å². The molecule has 0 spiro atoms. The maximum atomic E-state index is 12.9. The van der Waals surface area contributed by atoms with E-state index in [2.05, 4.69) is 52.0 Å². The number of benzene rings is 3. The van der Waals surface area contributed by atoms with E-state index in [1.165, 1.54) is 23.6 Å². The quantitative estimate of drug-likeness (QED) is 0.172. The van der Waals surface area contributed by atoms with Gasteiger partial charge in [0.2, 0.25) is 0 Å². The van der Waals surface area contributed by atoms with E-state index in [1.807, 2.05) is 12.1 Å². The largest absolute Gasteiger partial charge is 0.496 e. The molecule has 3 rings (SSSR count). The summed E-state index contributed by atoms with van der Waals surface area (Å²) in [6, 6.07) is 19.1. The topological polar surface area (TPSA) is 52.6 Å². The van der Waals surface area contributed by atoms with Gasteiger partial charge < -0.3 is 9.47 Å². The van der Waals surface area contributed by atoms with Crippen LogP contribution in [0.5, 0.6) is 11.5 Å². The van der Waals surface area contributed by atoms with Gasteiger partial charge in [-0.2, -0.15) is 0 Å². The molecule has 0 aliphatic rings. The molecule has 35 heavy (non-hydrogen) atoms. The molecule has 3 aromatic carbocycles. The Morgan fingerprint density at radius 3 is 1.86 bits per heavy atom. The molecular formula is C31H36O4. The Bertz CT molecular complexity index is 1190. The van der Waals surface area contributed by atoms with Crippen LogP contribution in [0.4, 0.5) is 0 Å². The lowest BCUT2D eigenvalue weighted by Gasteiger charge is -2.18. The third-order valence-corrected chi connectivity index (χ3v) is 6.77. The van der Waals surface area contributed by atoms with E-state index in [0.29, 0.717) is 22.8 Å². The minimum absolute atomic E-state index is 0.0840. The second-order valence-corrected chi connectivity index (χ2v) is 9.27. The van der Waals surface area contributed by atoms with E-state index >= 15 is 0 Å². The number of carbonyl (C=O) groups excluding carboxylic acids is 2. The first-order chi connectivity index (χ1) is 16.8. The Hall–Kier alpha value is -3.40. The van der Waals surface area contributed by atoms with Crippen molar-refractivity contribution in [3.8, 4) is 11.5 Å². The van der Waals surface area contributed by atoms with Gasteiger partial charge in [0, 0.05) is 5.56 Å². The van der Waals surface area contributed by atoms with E-state index in [-0.39, 0.29) is 11.7 Å². The molecule has 0 fully saturated rings. The standard InChI is InChI=1S/C31H36O4/c1-7-20(3)27-17-23(12-14-29(27)34-6)16-24-13-15-30(28(18-24)21(4)8-2)35-31(33)26-11-9-10-25(19-26)22(5)32/h9-15,17-21H,7-8,16H2,1-6H3. The third kappa shape index (κ3) is 6.39. The molecule has 0 aromatic heterocycles.